The molecule has 0 N–H and O–H groups in total. The van der Waals surface area contributed by atoms with Crippen LogP contribution in [0.5, 0.6) is 0 Å². The van der Waals surface area contributed by atoms with Gasteiger partial charge in [0.1, 0.15) is 6.61 Å². The zero-order valence-corrected chi connectivity index (χ0v) is 15.1. The van der Waals surface area contributed by atoms with Crippen LogP contribution in [0.1, 0.15) is 25.7 Å². The monoisotopic (exact) mass is 332 g/mol. The number of ether oxygens (including phenoxy) is 1. The molecule has 0 radical (unpaired) electrons. The van der Waals surface area contributed by atoms with Gasteiger partial charge in [-0.25, -0.2) is 0 Å². The molecule has 0 unspecified atom stereocenters. The zero-order chi connectivity index (χ0) is 17.1. The van der Waals surface area contributed by atoms with E-state index in [-0.39, 0.29) is 12.2 Å². The van der Waals surface area contributed by atoms with E-state index in [1.54, 1.807) is 31.4 Å². The van der Waals surface area contributed by atoms with Crippen molar-refractivity contribution >= 4 is 8.56 Å². The lowest BCUT2D eigenvalue weighted by molar-refractivity contribution is 0.150. The number of hydrogen-bond donors (Lipinski definition) is 0. The van der Waals surface area contributed by atoms with Gasteiger partial charge in [-0.05, 0) is 12.8 Å². The van der Waals surface area contributed by atoms with Crippen LogP contribution in [0.4, 0.5) is 0 Å². The number of rotatable bonds is 10. The highest BCUT2D eigenvalue weighted by atomic mass is 28.4. The lowest BCUT2D eigenvalue weighted by Crippen LogP contribution is -2.49. The van der Waals surface area contributed by atoms with Gasteiger partial charge < -0.3 is 13.6 Å². The van der Waals surface area contributed by atoms with Crippen molar-refractivity contribution in [3.63, 3.8) is 0 Å². The molecule has 126 valence electrons. The Balaban J connectivity index is 3.20. The summed E-state index contributed by atoms with van der Waals surface area (Å²) in [5, 5.41) is 0. The van der Waals surface area contributed by atoms with Gasteiger partial charge in [0.25, 0.3) is 0 Å². The smallest absolute Gasteiger partial charge is 0.375 e. The molecule has 3 nitrogen and oxygen atoms in total. The highest BCUT2D eigenvalue weighted by Crippen LogP contribution is 2.41. The second-order valence-corrected chi connectivity index (χ2v) is 8.36. The van der Waals surface area contributed by atoms with E-state index in [9.17, 15) is 0 Å². The predicted molar refractivity (Wildman–Crippen MR) is 98.2 cm³/mol. The van der Waals surface area contributed by atoms with Crippen molar-refractivity contribution in [2.45, 2.75) is 43.4 Å². The van der Waals surface area contributed by atoms with Crippen LogP contribution in [0.2, 0.25) is 5.54 Å². The highest BCUT2D eigenvalue weighted by molar-refractivity contribution is 6.77. The van der Waals surface area contributed by atoms with Crippen LogP contribution in [0, 0.1) is 11.5 Å². The molecule has 0 heterocycles. The molecule has 1 saturated carbocycles. The quantitative estimate of drug-likeness (QED) is 0.343. The molecule has 1 fully saturated rings. The molecule has 0 atom stereocenters. The SMILES string of the molecule is C=CC(C=C)O[Si](C#CCOC)(OC(C=C)C=C)C1CCCC1. The van der Waals surface area contributed by atoms with Crippen molar-refractivity contribution in [2.75, 3.05) is 13.7 Å². The van der Waals surface area contributed by atoms with E-state index >= 15 is 0 Å². The Hall–Kier alpha value is -1.38. The summed E-state index contributed by atoms with van der Waals surface area (Å²) in [5.41, 5.74) is 3.62. The Morgan fingerprint density at radius 2 is 1.48 bits per heavy atom. The van der Waals surface area contributed by atoms with E-state index in [4.69, 9.17) is 13.6 Å². The summed E-state index contributed by atoms with van der Waals surface area (Å²) in [6, 6.07) is 0. The van der Waals surface area contributed by atoms with E-state index in [0.717, 1.165) is 12.8 Å². The van der Waals surface area contributed by atoms with Gasteiger partial charge in [-0.1, -0.05) is 48.6 Å². The van der Waals surface area contributed by atoms with Gasteiger partial charge in [0.2, 0.25) is 0 Å². The van der Waals surface area contributed by atoms with Crippen LogP contribution in [0.15, 0.2) is 50.6 Å². The first-order valence-electron chi connectivity index (χ1n) is 8.00. The van der Waals surface area contributed by atoms with Crippen LogP contribution in [-0.2, 0) is 13.6 Å². The first kappa shape index (κ1) is 19.7. The molecular formula is C19H28O3Si. The largest absolute Gasteiger partial charge is 0.428 e. The standard InChI is InChI=1S/C19H28O3Si/c1-6-17(7-2)21-23(16-12-15-20-5,19-13-10-11-14-19)22-18(8-3)9-4/h6-9,17-19H,1-4,10-11,13-15H2,5H3. The van der Waals surface area contributed by atoms with Crippen LogP contribution in [0.3, 0.4) is 0 Å². The maximum Gasteiger partial charge on any atom is 0.428 e. The van der Waals surface area contributed by atoms with Crippen LogP contribution >= 0.6 is 0 Å². The minimum atomic E-state index is -2.84. The highest BCUT2D eigenvalue weighted by Gasteiger charge is 2.48. The predicted octanol–water partition coefficient (Wildman–Crippen LogP) is 4.08. The minimum Gasteiger partial charge on any atom is -0.375 e. The summed E-state index contributed by atoms with van der Waals surface area (Å²) in [4.78, 5) is 0. The molecule has 4 heteroatoms. The van der Waals surface area contributed by atoms with Gasteiger partial charge in [-0.3, -0.25) is 0 Å². The summed E-state index contributed by atoms with van der Waals surface area (Å²) in [6.45, 7) is 15.6. The van der Waals surface area contributed by atoms with Gasteiger partial charge in [-0.15, -0.1) is 26.3 Å². The summed E-state index contributed by atoms with van der Waals surface area (Å²) in [7, 11) is -1.21. The molecule has 0 spiro atoms. The van der Waals surface area contributed by atoms with Gasteiger partial charge in [0, 0.05) is 12.7 Å². The Labute approximate surface area is 142 Å². The van der Waals surface area contributed by atoms with Crippen LogP contribution in [-0.4, -0.2) is 34.5 Å². The zero-order valence-electron chi connectivity index (χ0n) is 14.1. The van der Waals surface area contributed by atoms with E-state index in [1.165, 1.54) is 12.8 Å². The minimum absolute atomic E-state index is 0.283. The Kier molecular flexibility index (Phi) is 8.89. The third-order valence-electron chi connectivity index (χ3n) is 3.92. The molecule has 0 saturated heterocycles. The molecular weight excluding hydrogens is 304 g/mol. The maximum atomic E-state index is 6.36. The Bertz CT molecular complexity index is 431. The van der Waals surface area contributed by atoms with Crippen molar-refractivity contribution in [2.24, 2.45) is 0 Å². The fourth-order valence-electron chi connectivity index (χ4n) is 2.71. The molecule has 0 aromatic heterocycles. The van der Waals surface area contributed by atoms with Gasteiger partial charge in [0.05, 0.1) is 12.2 Å². The van der Waals surface area contributed by atoms with Crippen molar-refractivity contribution in [1.82, 2.24) is 0 Å². The normalized spacial score (nSPS) is 15.3. The van der Waals surface area contributed by atoms with Crippen molar-refractivity contribution < 1.29 is 13.6 Å². The van der Waals surface area contributed by atoms with Crippen LogP contribution < -0.4 is 0 Å². The molecule has 1 rings (SSSR count). The fourth-order valence-corrected chi connectivity index (χ4v) is 6.15. The average Bonchev–Trinajstić information content (AvgIpc) is 3.12. The van der Waals surface area contributed by atoms with Gasteiger partial charge in [-0.2, -0.15) is 0 Å². The average molecular weight is 333 g/mol. The fraction of sp³-hybridized carbons (Fsp3) is 0.474. The van der Waals surface area contributed by atoms with Crippen molar-refractivity contribution in [3.05, 3.63) is 50.6 Å². The lowest BCUT2D eigenvalue weighted by atomic mass is 10.4. The molecule has 0 bridgehead atoms. The Morgan fingerprint density at radius 3 is 1.87 bits per heavy atom. The van der Waals surface area contributed by atoms with Crippen LogP contribution in [0.25, 0.3) is 0 Å². The summed E-state index contributed by atoms with van der Waals surface area (Å²) in [5.74, 6) is 3.06. The first-order chi connectivity index (χ1) is 11.2. The number of hydrogen-bond acceptors (Lipinski definition) is 3. The second kappa shape index (κ2) is 10.4. The summed E-state index contributed by atoms with van der Waals surface area (Å²) in [6.07, 6.45) is 10.8. The van der Waals surface area contributed by atoms with E-state index < -0.39 is 8.56 Å². The van der Waals surface area contributed by atoms with Gasteiger partial charge in [0.15, 0.2) is 0 Å². The molecule has 23 heavy (non-hydrogen) atoms. The molecule has 0 aromatic rings. The summed E-state index contributed by atoms with van der Waals surface area (Å²) < 4.78 is 17.8. The topological polar surface area (TPSA) is 27.7 Å². The molecule has 1 aliphatic rings. The summed E-state index contributed by atoms with van der Waals surface area (Å²) >= 11 is 0. The van der Waals surface area contributed by atoms with Gasteiger partial charge >= 0.3 is 8.56 Å². The maximum absolute atomic E-state index is 6.36. The number of methoxy groups -OCH3 is 1. The molecule has 0 amide bonds. The third kappa shape index (κ3) is 5.63. The molecule has 0 aliphatic heterocycles. The van der Waals surface area contributed by atoms with E-state index in [0.29, 0.717) is 12.1 Å². The third-order valence-corrected chi connectivity index (χ3v) is 7.35. The Morgan fingerprint density at radius 1 is 1.00 bits per heavy atom. The molecule has 0 aromatic carbocycles. The lowest BCUT2D eigenvalue weighted by Gasteiger charge is -2.34. The second-order valence-electron chi connectivity index (χ2n) is 5.49. The first-order valence-corrected chi connectivity index (χ1v) is 9.90. The van der Waals surface area contributed by atoms with E-state index in [2.05, 4.69) is 37.8 Å². The van der Waals surface area contributed by atoms with Crippen molar-refractivity contribution in [1.29, 1.82) is 0 Å². The van der Waals surface area contributed by atoms with Crippen molar-refractivity contribution in [3.8, 4) is 11.5 Å². The van der Waals surface area contributed by atoms with E-state index in [1.807, 2.05) is 0 Å². The molecule has 1 aliphatic carbocycles.